The molecule has 1 aromatic heterocycles. The minimum absolute atomic E-state index is 0.308. The van der Waals surface area contributed by atoms with Crippen LogP contribution in [-0.4, -0.2) is 33.2 Å². The Bertz CT molecular complexity index is 563. The fourth-order valence-electron chi connectivity index (χ4n) is 4.55. The Labute approximate surface area is 133 Å². The normalized spacial score (nSPS) is 28.5. The first-order valence-corrected chi connectivity index (χ1v) is 8.77. The number of piperidine rings is 1. The van der Waals surface area contributed by atoms with Crippen LogP contribution in [0.5, 0.6) is 0 Å². The lowest BCUT2D eigenvalue weighted by molar-refractivity contribution is -0.138. The molecule has 0 aromatic carbocycles. The molecule has 122 valence electrons. The smallest absolute Gasteiger partial charge is 0.227 e. The van der Waals surface area contributed by atoms with E-state index in [0.717, 1.165) is 41.8 Å². The standard InChI is InChI=1S/C18H29N3O/c1-12-9-10-21(17-8-6-5-7-15(12)17)18(22)11-16-13(2)19-20(4)14(16)3/h12,15,17H,5-11H2,1-4H3/t12-,15-,17+/m0/s1. The summed E-state index contributed by atoms with van der Waals surface area (Å²) in [5.74, 6) is 1.81. The van der Waals surface area contributed by atoms with Crippen LogP contribution >= 0.6 is 0 Å². The van der Waals surface area contributed by atoms with Crippen LogP contribution in [-0.2, 0) is 18.3 Å². The second-order valence-corrected chi connectivity index (χ2v) is 7.32. The van der Waals surface area contributed by atoms with Crippen LogP contribution in [0.3, 0.4) is 0 Å². The molecule has 22 heavy (non-hydrogen) atoms. The summed E-state index contributed by atoms with van der Waals surface area (Å²) in [6, 6.07) is 0.488. The van der Waals surface area contributed by atoms with E-state index in [1.807, 2.05) is 18.7 Å². The highest BCUT2D eigenvalue weighted by molar-refractivity contribution is 5.79. The zero-order valence-electron chi connectivity index (χ0n) is 14.4. The minimum Gasteiger partial charge on any atom is -0.339 e. The average Bonchev–Trinajstić information content (AvgIpc) is 2.74. The third-order valence-electron chi connectivity index (χ3n) is 6.05. The van der Waals surface area contributed by atoms with E-state index in [9.17, 15) is 4.79 Å². The van der Waals surface area contributed by atoms with Crippen LogP contribution in [0.2, 0.25) is 0 Å². The third-order valence-corrected chi connectivity index (χ3v) is 6.05. The highest BCUT2D eigenvalue weighted by Gasteiger charge is 2.39. The first kappa shape index (κ1) is 15.6. The molecular formula is C18H29N3O. The van der Waals surface area contributed by atoms with Crippen molar-refractivity contribution in [3.8, 4) is 0 Å². The van der Waals surface area contributed by atoms with Crippen molar-refractivity contribution >= 4 is 5.91 Å². The number of nitrogens with zero attached hydrogens (tertiary/aromatic N) is 3. The molecule has 2 fully saturated rings. The van der Waals surface area contributed by atoms with E-state index < -0.39 is 0 Å². The number of aryl methyl sites for hydroxylation is 2. The topological polar surface area (TPSA) is 38.1 Å². The summed E-state index contributed by atoms with van der Waals surface area (Å²) >= 11 is 0. The van der Waals surface area contributed by atoms with Gasteiger partial charge in [0, 0.05) is 30.9 Å². The Morgan fingerprint density at radius 3 is 2.64 bits per heavy atom. The van der Waals surface area contributed by atoms with Gasteiger partial charge in [-0.2, -0.15) is 5.10 Å². The van der Waals surface area contributed by atoms with E-state index >= 15 is 0 Å². The summed E-state index contributed by atoms with van der Waals surface area (Å²) in [7, 11) is 1.95. The van der Waals surface area contributed by atoms with Gasteiger partial charge in [0.1, 0.15) is 0 Å². The molecule has 3 rings (SSSR count). The van der Waals surface area contributed by atoms with Gasteiger partial charge in [-0.25, -0.2) is 0 Å². The Morgan fingerprint density at radius 1 is 1.23 bits per heavy atom. The molecule has 1 amide bonds. The number of fused-ring (bicyclic) bond motifs is 1. The fraction of sp³-hybridized carbons (Fsp3) is 0.778. The van der Waals surface area contributed by atoms with E-state index in [4.69, 9.17) is 0 Å². The maximum atomic E-state index is 12.9. The molecule has 0 radical (unpaired) electrons. The number of hydrogen-bond donors (Lipinski definition) is 0. The van der Waals surface area contributed by atoms with Gasteiger partial charge in [0.15, 0.2) is 0 Å². The lowest BCUT2D eigenvalue weighted by Crippen LogP contribution is -2.52. The summed E-state index contributed by atoms with van der Waals surface area (Å²) < 4.78 is 1.89. The largest absolute Gasteiger partial charge is 0.339 e. The van der Waals surface area contributed by atoms with Crippen molar-refractivity contribution in [2.75, 3.05) is 6.54 Å². The summed E-state index contributed by atoms with van der Waals surface area (Å²) in [4.78, 5) is 15.1. The number of likely N-dealkylation sites (tertiary alicyclic amines) is 1. The van der Waals surface area contributed by atoms with Crippen molar-refractivity contribution < 1.29 is 4.79 Å². The number of amides is 1. The molecule has 3 atom stereocenters. The van der Waals surface area contributed by atoms with Crippen molar-refractivity contribution in [1.82, 2.24) is 14.7 Å². The van der Waals surface area contributed by atoms with E-state index in [0.29, 0.717) is 18.4 Å². The number of aromatic nitrogens is 2. The molecule has 1 saturated carbocycles. The Morgan fingerprint density at radius 2 is 1.95 bits per heavy atom. The number of hydrogen-bond acceptors (Lipinski definition) is 2. The predicted octanol–water partition coefficient (Wildman–Crippen LogP) is 3.01. The van der Waals surface area contributed by atoms with E-state index in [-0.39, 0.29) is 0 Å². The van der Waals surface area contributed by atoms with Gasteiger partial charge in [-0.15, -0.1) is 0 Å². The number of carbonyl (C=O) groups is 1. The van der Waals surface area contributed by atoms with Crippen LogP contribution in [0.25, 0.3) is 0 Å². The van der Waals surface area contributed by atoms with Gasteiger partial charge in [0.2, 0.25) is 5.91 Å². The van der Waals surface area contributed by atoms with Crippen molar-refractivity contribution in [3.63, 3.8) is 0 Å². The van der Waals surface area contributed by atoms with Gasteiger partial charge >= 0.3 is 0 Å². The Balaban J connectivity index is 1.76. The first-order chi connectivity index (χ1) is 10.5. The Kier molecular flexibility index (Phi) is 4.28. The molecule has 0 spiro atoms. The second kappa shape index (κ2) is 6.05. The number of carbonyl (C=O) groups excluding carboxylic acids is 1. The molecule has 0 bridgehead atoms. The lowest BCUT2D eigenvalue weighted by Gasteiger charge is -2.47. The van der Waals surface area contributed by atoms with Gasteiger partial charge < -0.3 is 4.90 Å². The molecule has 0 N–H and O–H groups in total. The minimum atomic E-state index is 0.308. The lowest BCUT2D eigenvalue weighted by atomic mass is 9.72. The summed E-state index contributed by atoms with van der Waals surface area (Å²) in [5.41, 5.74) is 3.24. The molecule has 1 saturated heterocycles. The van der Waals surface area contributed by atoms with E-state index in [1.165, 1.54) is 25.7 Å². The molecule has 1 aliphatic carbocycles. The zero-order valence-corrected chi connectivity index (χ0v) is 14.4. The fourth-order valence-corrected chi connectivity index (χ4v) is 4.55. The third kappa shape index (κ3) is 2.68. The van der Waals surface area contributed by atoms with Crippen molar-refractivity contribution in [2.45, 2.75) is 65.3 Å². The predicted molar refractivity (Wildman–Crippen MR) is 87.6 cm³/mol. The zero-order chi connectivity index (χ0) is 15.9. The SMILES string of the molecule is Cc1nn(C)c(C)c1CC(=O)N1CC[C@H](C)[C@@H]2CCCC[C@H]21. The molecule has 2 aliphatic rings. The highest BCUT2D eigenvalue weighted by Crippen LogP contribution is 2.39. The average molecular weight is 303 g/mol. The van der Waals surface area contributed by atoms with Gasteiger partial charge in [-0.05, 0) is 44.9 Å². The van der Waals surface area contributed by atoms with Crippen LogP contribution < -0.4 is 0 Å². The first-order valence-electron chi connectivity index (χ1n) is 8.77. The van der Waals surface area contributed by atoms with Gasteiger partial charge in [-0.3, -0.25) is 9.48 Å². The van der Waals surface area contributed by atoms with Crippen LogP contribution in [0.4, 0.5) is 0 Å². The Hall–Kier alpha value is -1.32. The maximum absolute atomic E-state index is 12.9. The quantitative estimate of drug-likeness (QED) is 0.842. The molecule has 0 unspecified atom stereocenters. The molecule has 2 heterocycles. The van der Waals surface area contributed by atoms with Crippen LogP contribution in [0.1, 0.15) is 56.0 Å². The van der Waals surface area contributed by atoms with Gasteiger partial charge in [-0.1, -0.05) is 19.8 Å². The second-order valence-electron chi connectivity index (χ2n) is 7.32. The molecule has 1 aliphatic heterocycles. The van der Waals surface area contributed by atoms with Gasteiger partial charge in [0.05, 0.1) is 12.1 Å². The van der Waals surface area contributed by atoms with Crippen molar-refractivity contribution in [2.24, 2.45) is 18.9 Å². The summed E-state index contributed by atoms with van der Waals surface area (Å²) in [5, 5.41) is 4.45. The highest BCUT2D eigenvalue weighted by atomic mass is 16.2. The summed E-state index contributed by atoms with van der Waals surface area (Å²) in [6.45, 7) is 7.39. The molecule has 1 aromatic rings. The molecule has 4 heteroatoms. The summed E-state index contributed by atoms with van der Waals surface area (Å²) in [6.07, 6.45) is 6.81. The van der Waals surface area contributed by atoms with E-state index in [1.54, 1.807) is 0 Å². The number of rotatable bonds is 2. The maximum Gasteiger partial charge on any atom is 0.227 e. The molecule has 4 nitrogen and oxygen atoms in total. The van der Waals surface area contributed by atoms with E-state index in [2.05, 4.69) is 23.8 Å². The van der Waals surface area contributed by atoms with Gasteiger partial charge in [0.25, 0.3) is 0 Å². The monoisotopic (exact) mass is 303 g/mol. The van der Waals surface area contributed by atoms with Crippen molar-refractivity contribution in [1.29, 1.82) is 0 Å². The van der Waals surface area contributed by atoms with Crippen LogP contribution in [0.15, 0.2) is 0 Å². The van der Waals surface area contributed by atoms with Crippen molar-refractivity contribution in [3.05, 3.63) is 17.0 Å². The van der Waals surface area contributed by atoms with Crippen LogP contribution in [0, 0.1) is 25.7 Å². The molecular weight excluding hydrogens is 274 g/mol.